The van der Waals surface area contributed by atoms with E-state index >= 15 is 0 Å². The van der Waals surface area contributed by atoms with Crippen molar-refractivity contribution in [3.8, 4) is 11.5 Å². The molecule has 3 N–H and O–H groups in total. The molecule has 0 heterocycles. The highest BCUT2D eigenvalue weighted by molar-refractivity contribution is 5.43. The van der Waals surface area contributed by atoms with E-state index in [0.29, 0.717) is 13.2 Å². The molecule has 1 aromatic carbocycles. The lowest BCUT2D eigenvalue weighted by Gasteiger charge is -2.15. The van der Waals surface area contributed by atoms with Gasteiger partial charge in [0.05, 0.1) is 19.3 Å². The van der Waals surface area contributed by atoms with Crippen LogP contribution in [0.4, 0.5) is 0 Å². The number of nitrogens with one attached hydrogen (secondary N) is 2. The Morgan fingerprint density at radius 1 is 1.09 bits per heavy atom. The highest BCUT2D eigenvalue weighted by Crippen LogP contribution is 2.29. The minimum atomic E-state index is 0.134. The van der Waals surface area contributed by atoms with E-state index in [2.05, 4.69) is 16.7 Å². The molecule has 1 rings (SSSR count). The van der Waals surface area contributed by atoms with Crippen molar-refractivity contribution < 1.29 is 14.6 Å². The van der Waals surface area contributed by atoms with Gasteiger partial charge in [0.15, 0.2) is 11.5 Å². The molecule has 5 heteroatoms. The third-order valence-corrected chi connectivity index (χ3v) is 3.00. The summed E-state index contributed by atoms with van der Waals surface area (Å²) < 4.78 is 11.4. The maximum absolute atomic E-state index is 8.66. The Morgan fingerprint density at radius 3 is 2.55 bits per heavy atom. The molecule has 0 aromatic heterocycles. The maximum Gasteiger partial charge on any atom is 0.161 e. The van der Waals surface area contributed by atoms with Crippen LogP contribution >= 0.6 is 0 Å². The molecule has 0 radical (unpaired) electrons. The number of aliphatic hydroxyl groups is 1. The van der Waals surface area contributed by atoms with Gasteiger partial charge >= 0.3 is 0 Å². The largest absolute Gasteiger partial charge is 0.490 e. The molecule has 1 aromatic rings. The minimum Gasteiger partial charge on any atom is -0.490 e. The van der Waals surface area contributed by atoms with E-state index in [9.17, 15) is 0 Å². The average molecular weight is 310 g/mol. The SMILES string of the molecule is CCOc1cc(CNCCCNCCO)ccc1OC(C)C. The number of rotatable bonds is 12. The quantitative estimate of drug-likeness (QED) is 0.515. The molecular weight excluding hydrogens is 280 g/mol. The molecule has 0 saturated heterocycles. The smallest absolute Gasteiger partial charge is 0.161 e. The first-order valence-corrected chi connectivity index (χ1v) is 8.12. The average Bonchev–Trinajstić information content (AvgIpc) is 2.48. The van der Waals surface area contributed by atoms with Crippen molar-refractivity contribution in [1.82, 2.24) is 10.6 Å². The summed E-state index contributed by atoms with van der Waals surface area (Å²) in [7, 11) is 0. The van der Waals surface area contributed by atoms with E-state index in [0.717, 1.165) is 37.6 Å². The third-order valence-electron chi connectivity index (χ3n) is 3.00. The maximum atomic E-state index is 8.66. The fraction of sp³-hybridized carbons (Fsp3) is 0.647. The van der Waals surface area contributed by atoms with Crippen LogP contribution in [0.15, 0.2) is 18.2 Å². The summed E-state index contributed by atoms with van der Waals surface area (Å²) in [5.41, 5.74) is 1.18. The summed E-state index contributed by atoms with van der Waals surface area (Å²) in [6, 6.07) is 6.08. The van der Waals surface area contributed by atoms with Gasteiger partial charge in [0.2, 0.25) is 0 Å². The van der Waals surface area contributed by atoms with Gasteiger partial charge < -0.3 is 25.2 Å². The van der Waals surface area contributed by atoms with Crippen LogP contribution < -0.4 is 20.1 Å². The van der Waals surface area contributed by atoms with Crippen LogP contribution in [-0.2, 0) is 6.54 Å². The number of hydrogen-bond acceptors (Lipinski definition) is 5. The van der Waals surface area contributed by atoms with Crippen LogP contribution in [-0.4, -0.2) is 44.1 Å². The zero-order valence-corrected chi connectivity index (χ0v) is 14.0. The van der Waals surface area contributed by atoms with E-state index in [1.165, 1.54) is 5.56 Å². The standard InChI is InChI=1S/C17H30N2O3/c1-4-21-17-12-15(6-7-16(17)22-14(2)3)13-19-9-5-8-18-10-11-20/h6-7,12,14,18-20H,4-5,8-11,13H2,1-3H3. The second-order valence-electron chi connectivity index (χ2n) is 5.38. The van der Waals surface area contributed by atoms with Gasteiger partial charge in [0.1, 0.15) is 0 Å². The Kier molecular flexibility index (Phi) is 9.62. The van der Waals surface area contributed by atoms with Gasteiger partial charge in [0, 0.05) is 13.1 Å². The fourth-order valence-electron chi connectivity index (χ4n) is 2.06. The molecule has 0 aliphatic carbocycles. The van der Waals surface area contributed by atoms with Gasteiger partial charge in [-0.2, -0.15) is 0 Å². The van der Waals surface area contributed by atoms with Crippen molar-refractivity contribution in [3.05, 3.63) is 23.8 Å². The lowest BCUT2D eigenvalue weighted by Crippen LogP contribution is -2.23. The molecule has 0 aliphatic heterocycles. The summed E-state index contributed by atoms with van der Waals surface area (Å²) in [5.74, 6) is 1.61. The lowest BCUT2D eigenvalue weighted by atomic mass is 10.2. The monoisotopic (exact) mass is 310 g/mol. The summed E-state index contributed by atoms with van der Waals surface area (Å²) in [6.45, 7) is 10.1. The third kappa shape index (κ3) is 7.64. The molecule has 0 bridgehead atoms. The Bertz CT molecular complexity index is 411. The minimum absolute atomic E-state index is 0.134. The van der Waals surface area contributed by atoms with Gasteiger partial charge in [-0.15, -0.1) is 0 Å². The first-order valence-electron chi connectivity index (χ1n) is 8.12. The van der Waals surface area contributed by atoms with E-state index in [-0.39, 0.29) is 12.7 Å². The highest BCUT2D eigenvalue weighted by atomic mass is 16.5. The molecule has 0 unspecified atom stereocenters. The zero-order chi connectivity index (χ0) is 16.2. The molecule has 0 fully saturated rings. The van der Waals surface area contributed by atoms with E-state index in [1.54, 1.807) is 0 Å². The molecule has 0 aliphatic rings. The molecule has 126 valence electrons. The molecule has 0 spiro atoms. The normalized spacial score (nSPS) is 11.0. The van der Waals surface area contributed by atoms with Gasteiger partial charge in [-0.3, -0.25) is 0 Å². The summed E-state index contributed by atoms with van der Waals surface area (Å²) in [5, 5.41) is 15.2. The highest BCUT2D eigenvalue weighted by Gasteiger charge is 2.08. The topological polar surface area (TPSA) is 62.8 Å². The number of benzene rings is 1. The first kappa shape index (κ1) is 18.7. The second kappa shape index (κ2) is 11.3. The summed E-state index contributed by atoms with van der Waals surface area (Å²) in [6.07, 6.45) is 1.17. The Hall–Kier alpha value is -1.30. The van der Waals surface area contributed by atoms with Crippen molar-refractivity contribution in [1.29, 1.82) is 0 Å². The van der Waals surface area contributed by atoms with Crippen LogP contribution in [0, 0.1) is 0 Å². The Morgan fingerprint density at radius 2 is 1.86 bits per heavy atom. The van der Waals surface area contributed by atoms with E-state index < -0.39 is 0 Å². The van der Waals surface area contributed by atoms with Crippen molar-refractivity contribution in [2.45, 2.75) is 39.8 Å². The molecular formula is C17H30N2O3. The second-order valence-corrected chi connectivity index (χ2v) is 5.38. The van der Waals surface area contributed by atoms with Crippen molar-refractivity contribution in [2.75, 3.05) is 32.8 Å². The van der Waals surface area contributed by atoms with Crippen LogP contribution in [0.25, 0.3) is 0 Å². The van der Waals surface area contributed by atoms with Gasteiger partial charge in [-0.25, -0.2) is 0 Å². The van der Waals surface area contributed by atoms with Crippen molar-refractivity contribution in [3.63, 3.8) is 0 Å². The van der Waals surface area contributed by atoms with Crippen LogP contribution in [0.2, 0.25) is 0 Å². The van der Waals surface area contributed by atoms with Gasteiger partial charge in [0.25, 0.3) is 0 Å². The molecule has 0 atom stereocenters. The lowest BCUT2D eigenvalue weighted by molar-refractivity contribution is 0.223. The predicted octanol–water partition coefficient (Wildman–Crippen LogP) is 1.93. The first-order chi connectivity index (χ1) is 10.7. The number of ether oxygens (including phenoxy) is 2. The number of hydrogen-bond donors (Lipinski definition) is 3. The Labute approximate surface area is 134 Å². The number of aliphatic hydroxyl groups excluding tert-OH is 1. The zero-order valence-electron chi connectivity index (χ0n) is 14.0. The molecule has 22 heavy (non-hydrogen) atoms. The van der Waals surface area contributed by atoms with Gasteiger partial charge in [-0.05, 0) is 58.0 Å². The molecule has 0 saturated carbocycles. The van der Waals surface area contributed by atoms with Crippen LogP contribution in [0.1, 0.15) is 32.8 Å². The van der Waals surface area contributed by atoms with E-state index in [1.807, 2.05) is 32.9 Å². The fourth-order valence-corrected chi connectivity index (χ4v) is 2.06. The van der Waals surface area contributed by atoms with Crippen molar-refractivity contribution >= 4 is 0 Å². The predicted molar refractivity (Wildman–Crippen MR) is 89.7 cm³/mol. The van der Waals surface area contributed by atoms with Gasteiger partial charge in [-0.1, -0.05) is 6.07 Å². The van der Waals surface area contributed by atoms with Crippen molar-refractivity contribution in [2.24, 2.45) is 0 Å². The molecule has 0 amide bonds. The summed E-state index contributed by atoms with van der Waals surface area (Å²) in [4.78, 5) is 0. The van der Waals surface area contributed by atoms with Crippen LogP contribution in [0.5, 0.6) is 11.5 Å². The van der Waals surface area contributed by atoms with E-state index in [4.69, 9.17) is 14.6 Å². The summed E-state index contributed by atoms with van der Waals surface area (Å²) >= 11 is 0. The van der Waals surface area contributed by atoms with Crippen LogP contribution in [0.3, 0.4) is 0 Å². The Balaban J connectivity index is 2.41. The molecule has 5 nitrogen and oxygen atoms in total.